The molecule has 0 aliphatic rings. The molecule has 0 aliphatic heterocycles. The molecule has 0 aliphatic carbocycles. The van der Waals surface area contributed by atoms with Crippen LogP contribution in [0.1, 0.15) is 26.7 Å². The van der Waals surface area contributed by atoms with Crippen LogP contribution in [0.15, 0.2) is 58.7 Å². The molecule has 0 unspecified atom stereocenters. The molecular weight excluding hydrogens is 364 g/mol. The summed E-state index contributed by atoms with van der Waals surface area (Å²) in [5.74, 6) is 0. The van der Waals surface area contributed by atoms with Gasteiger partial charge in [0.1, 0.15) is 0 Å². The summed E-state index contributed by atoms with van der Waals surface area (Å²) in [5.41, 5.74) is 8.45. The van der Waals surface area contributed by atoms with Gasteiger partial charge in [0.2, 0.25) is 0 Å². The second-order valence-corrected chi connectivity index (χ2v) is 5.66. The molecule has 0 heterocycles. The van der Waals surface area contributed by atoms with Crippen molar-refractivity contribution in [3.05, 3.63) is 68.8 Å². The minimum Gasteiger partial charge on any atom is -0.278 e. The first kappa shape index (κ1) is 20.5. The zero-order chi connectivity index (χ0) is 20.5. The lowest BCUT2D eigenvalue weighted by Gasteiger charge is -2.08. The van der Waals surface area contributed by atoms with Crippen molar-refractivity contribution in [2.75, 3.05) is 10.9 Å². The van der Waals surface area contributed by atoms with Gasteiger partial charge in [0.05, 0.1) is 32.6 Å². The summed E-state index contributed by atoms with van der Waals surface area (Å²) in [6.07, 6.45) is 1.24. The highest BCUT2D eigenvalue weighted by molar-refractivity contribution is 6.42. The Labute approximate surface area is 161 Å². The molecule has 2 N–H and O–H groups in total. The van der Waals surface area contributed by atoms with Crippen LogP contribution in [0.25, 0.3) is 0 Å². The molecule has 0 aromatic heterocycles. The standard InChI is InChI=1S/C18H20N6O4/c1-3-17(21-19-13-5-9-15(10-6-13)23(25)26)18(4-2)22-20-14-7-11-16(12-8-14)24(27)28/h5-12,19-20H,3-4H2,1-2H3. The number of hydrazone groups is 2. The van der Waals surface area contributed by atoms with Crippen LogP contribution in [0.2, 0.25) is 0 Å². The predicted molar refractivity (Wildman–Crippen MR) is 109 cm³/mol. The highest BCUT2D eigenvalue weighted by atomic mass is 16.6. The normalized spacial score (nSPS) is 11.8. The highest BCUT2D eigenvalue weighted by Gasteiger charge is 2.08. The average Bonchev–Trinajstić information content (AvgIpc) is 2.71. The molecule has 0 spiro atoms. The molecule has 0 radical (unpaired) electrons. The number of nitrogens with zero attached hydrogens (tertiary/aromatic N) is 4. The van der Waals surface area contributed by atoms with E-state index < -0.39 is 9.85 Å². The Balaban J connectivity index is 2.10. The maximum Gasteiger partial charge on any atom is 0.269 e. The van der Waals surface area contributed by atoms with E-state index in [0.29, 0.717) is 24.2 Å². The van der Waals surface area contributed by atoms with E-state index in [0.717, 1.165) is 11.4 Å². The molecule has 0 atom stereocenters. The van der Waals surface area contributed by atoms with Crippen LogP contribution in [-0.4, -0.2) is 21.3 Å². The average molecular weight is 384 g/mol. The molecule has 2 aromatic carbocycles. The van der Waals surface area contributed by atoms with E-state index in [1.165, 1.54) is 24.3 Å². The molecule has 146 valence electrons. The van der Waals surface area contributed by atoms with Gasteiger partial charge in [-0.1, -0.05) is 13.8 Å². The Morgan fingerprint density at radius 1 is 0.750 bits per heavy atom. The van der Waals surface area contributed by atoms with E-state index in [9.17, 15) is 20.2 Å². The lowest BCUT2D eigenvalue weighted by molar-refractivity contribution is -0.385. The molecule has 0 bridgehead atoms. The number of nitro groups is 2. The number of anilines is 2. The van der Waals surface area contributed by atoms with E-state index in [2.05, 4.69) is 21.1 Å². The molecule has 0 amide bonds. The van der Waals surface area contributed by atoms with E-state index in [1.807, 2.05) is 13.8 Å². The third-order valence-electron chi connectivity index (χ3n) is 3.80. The molecule has 0 fully saturated rings. The molecule has 28 heavy (non-hydrogen) atoms. The second kappa shape index (κ2) is 9.76. The molecular formula is C18H20N6O4. The SMILES string of the molecule is CCC(=NNc1ccc([N+](=O)[O-])cc1)C(CC)=NNc1ccc([N+](=O)[O-])cc1. The largest absolute Gasteiger partial charge is 0.278 e. The molecule has 0 saturated heterocycles. The number of non-ortho nitro benzene ring substituents is 2. The Kier molecular flexibility index (Phi) is 7.14. The van der Waals surface area contributed by atoms with Gasteiger partial charge in [0, 0.05) is 24.3 Å². The smallest absolute Gasteiger partial charge is 0.269 e. The minimum absolute atomic E-state index is 0.00773. The van der Waals surface area contributed by atoms with E-state index >= 15 is 0 Å². The summed E-state index contributed by atoms with van der Waals surface area (Å²) >= 11 is 0. The fraction of sp³-hybridized carbons (Fsp3) is 0.222. The maximum atomic E-state index is 10.7. The Hall–Kier alpha value is -3.82. The van der Waals surface area contributed by atoms with Gasteiger partial charge >= 0.3 is 0 Å². The highest BCUT2D eigenvalue weighted by Crippen LogP contribution is 2.17. The van der Waals surface area contributed by atoms with Crippen molar-refractivity contribution in [1.82, 2.24) is 0 Å². The fourth-order valence-electron chi connectivity index (χ4n) is 2.27. The summed E-state index contributed by atoms with van der Waals surface area (Å²) in [6, 6.07) is 11.9. The van der Waals surface area contributed by atoms with E-state index in [-0.39, 0.29) is 11.4 Å². The van der Waals surface area contributed by atoms with Crippen LogP contribution in [0.5, 0.6) is 0 Å². The number of hydrogen-bond acceptors (Lipinski definition) is 8. The molecule has 2 rings (SSSR count). The number of nitro benzene ring substituents is 2. The first-order chi connectivity index (χ1) is 13.4. The van der Waals surface area contributed by atoms with Crippen molar-refractivity contribution < 1.29 is 9.85 Å². The topological polar surface area (TPSA) is 135 Å². The van der Waals surface area contributed by atoms with Gasteiger partial charge in [0.25, 0.3) is 11.4 Å². The molecule has 10 nitrogen and oxygen atoms in total. The fourth-order valence-corrected chi connectivity index (χ4v) is 2.27. The summed E-state index contributed by atoms with van der Waals surface area (Å²) in [6.45, 7) is 3.88. The van der Waals surface area contributed by atoms with E-state index in [4.69, 9.17) is 0 Å². The third kappa shape index (κ3) is 5.59. The summed E-state index contributed by atoms with van der Waals surface area (Å²) in [4.78, 5) is 20.5. The predicted octanol–water partition coefficient (Wildman–Crippen LogP) is 4.56. The zero-order valence-electron chi connectivity index (χ0n) is 15.5. The summed E-state index contributed by atoms with van der Waals surface area (Å²) in [5, 5.41) is 30.1. The van der Waals surface area contributed by atoms with Gasteiger partial charge in [0.15, 0.2) is 0 Å². The number of benzene rings is 2. The lowest BCUT2D eigenvalue weighted by Crippen LogP contribution is -2.16. The van der Waals surface area contributed by atoms with Crippen molar-refractivity contribution in [1.29, 1.82) is 0 Å². The molecule has 0 saturated carbocycles. The summed E-state index contributed by atoms with van der Waals surface area (Å²) in [7, 11) is 0. The maximum absolute atomic E-state index is 10.7. The van der Waals surface area contributed by atoms with Crippen LogP contribution in [0.3, 0.4) is 0 Å². The molecule has 10 heteroatoms. The second-order valence-electron chi connectivity index (χ2n) is 5.66. The number of nitrogens with one attached hydrogen (secondary N) is 2. The minimum atomic E-state index is -0.462. The van der Waals surface area contributed by atoms with Crippen molar-refractivity contribution in [3.63, 3.8) is 0 Å². The first-order valence-electron chi connectivity index (χ1n) is 8.59. The Bertz CT molecular complexity index is 816. The van der Waals surface area contributed by atoms with Gasteiger partial charge in [-0.15, -0.1) is 0 Å². The third-order valence-corrected chi connectivity index (χ3v) is 3.80. The van der Waals surface area contributed by atoms with Crippen LogP contribution < -0.4 is 10.9 Å². The van der Waals surface area contributed by atoms with Crippen LogP contribution >= 0.6 is 0 Å². The quantitative estimate of drug-likeness (QED) is 0.369. The Morgan fingerprint density at radius 3 is 1.32 bits per heavy atom. The van der Waals surface area contributed by atoms with Crippen LogP contribution in [0, 0.1) is 20.2 Å². The van der Waals surface area contributed by atoms with E-state index in [1.54, 1.807) is 24.3 Å². The first-order valence-corrected chi connectivity index (χ1v) is 8.59. The van der Waals surface area contributed by atoms with Gasteiger partial charge < -0.3 is 0 Å². The number of rotatable bonds is 9. The zero-order valence-corrected chi connectivity index (χ0v) is 15.5. The van der Waals surface area contributed by atoms with Crippen molar-refractivity contribution >= 4 is 34.2 Å². The lowest BCUT2D eigenvalue weighted by atomic mass is 10.1. The summed E-state index contributed by atoms with van der Waals surface area (Å²) < 4.78 is 0. The molecule has 2 aromatic rings. The van der Waals surface area contributed by atoms with Gasteiger partial charge in [-0.3, -0.25) is 31.1 Å². The van der Waals surface area contributed by atoms with Gasteiger partial charge in [-0.2, -0.15) is 10.2 Å². The van der Waals surface area contributed by atoms with Crippen LogP contribution in [-0.2, 0) is 0 Å². The van der Waals surface area contributed by atoms with Crippen LogP contribution in [0.4, 0.5) is 22.7 Å². The van der Waals surface area contributed by atoms with Gasteiger partial charge in [-0.25, -0.2) is 0 Å². The van der Waals surface area contributed by atoms with Crippen molar-refractivity contribution in [2.45, 2.75) is 26.7 Å². The number of hydrogen-bond donors (Lipinski definition) is 2. The van der Waals surface area contributed by atoms with Crippen molar-refractivity contribution in [2.24, 2.45) is 10.2 Å². The van der Waals surface area contributed by atoms with Crippen molar-refractivity contribution in [3.8, 4) is 0 Å². The Morgan fingerprint density at radius 2 is 1.07 bits per heavy atom. The van der Waals surface area contributed by atoms with Gasteiger partial charge in [-0.05, 0) is 37.1 Å². The monoisotopic (exact) mass is 384 g/mol.